The Bertz CT molecular complexity index is 1060. The quantitative estimate of drug-likeness (QED) is 0.351. The predicted molar refractivity (Wildman–Crippen MR) is 111 cm³/mol. The summed E-state index contributed by atoms with van der Waals surface area (Å²) in [5, 5.41) is 0. The minimum absolute atomic E-state index is 0.132. The van der Waals surface area contributed by atoms with Gasteiger partial charge in [-0.3, -0.25) is 0 Å². The Morgan fingerprint density at radius 2 is 1.50 bits per heavy atom. The first-order valence-corrected chi connectivity index (χ1v) is 9.47. The topological polar surface area (TPSA) is 26.0 Å². The van der Waals surface area contributed by atoms with Crippen LogP contribution in [-0.4, -0.2) is 4.98 Å². The molecule has 0 fully saturated rings. The van der Waals surface area contributed by atoms with E-state index in [1.165, 1.54) is 5.56 Å². The van der Waals surface area contributed by atoms with Gasteiger partial charge in [0.05, 0.1) is 4.47 Å². The summed E-state index contributed by atoms with van der Waals surface area (Å²) >= 11 is 3.63. The largest absolute Gasteiger partial charge is 0.435 e. The second kappa shape index (κ2) is 6.40. The molecule has 3 heteroatoms. The summed E-state index contributed by atoms with van der Waals surface area (Å²) < 4.78 is 6.96. The van der Waals surface area contributed by atoms with Gasteiger partial charge in [-0.1, -0.05) is 63.2 Å². The number of rotatable bonds is 2. The maximum absolute atomic E-state index is 6.04. The Morgan fingerprint density at radius 1 is 0.808 bits per heavy atom. The molecule has 0 atom stereocenters. The van der Waals surface area contributed by atoms with Crippen LogP contribution in [0, 0.1) is 0 Å². The molecular formula is C23H20BrNO. The summed E-state index contributed by atoms with van der Waals surface area (Å²) in [7, 11) is 0. The van der Waals surface area contributed by atoms with E-state index in [9.17, 15) is 0 Å². The van der Waals surface area contributed by atoms with Crippen LogP contribution in [0.5, 0.6) is 0 Å². The standard InChI is InChI=1S/C23H20BrNO/c1-23(2,3)18-11-9-16(10-12-18)22-25-20-14-17(13-19(24)21(20)26-22)15-7-5-4-6-8-15/h4-14H,1-3H3. The predicted octanol–water partition coefficient (Wildman–Crippen LogP) is 7.22. The number of oxazole rings is 1. The SMILES string of the molecule is CC(C)(C)c1ccc(-c2nc3cc(-c4ccccc4)cc(Br)c3o2)cc1. The third-order valence-electron chi connectivity index (χ3n) is 4.55. The molecule has 0 aliphatic heterocycles. The van der Waals surface area contributed by atoms with Gasteiger partial charge in [-0.15, -0.1) is 0 Å². The normalized spacial score (nSPS) is 11.8. The molecule has 0 aliphatic carbocycles. The molecule has 3 aromatic carbocycles. The molecule has 0 bridgehead atoms. The van der Waals surface area contributed by atoms with Crippen molar-refractivity contribution in [1.29, 1.82) is 0 Å². The highest BCUT2D eigenvalue weighted by Crippen LogP contribution is 2.34. The van der Waals surface area contributed by atoms with E-state index in [4.69, 9.17) is 9.40 Å². The number of aromatic nitrogens is 1. The van der Waals surface area contributed by atoms with Crippen LogP contribution in [0.1, 0.15) is 26.3 Å². The second-order valence-corrected chi connectivity index (χ2v) is 8.37. The lowest BCUT2D eigenvalue weighted by atomic mass is 9.87. The molecule has 130 valence electrons. The van der Waals surface area contributed by atoms with Crippen LogP contribution in [0.3, 0.4) is 0 Å². The highest BCUT2D eigenvalue weighted by atomic mass is 79.9. The molecule has 4 rings (SSSR count). The van der Waals surface area contributed by atoms with Crippen molar-refractivity contribution in [2.45, 2.75) is 26.2 Å². The first-order valence-electron chi connectivity index (χ1n) is 8.68. The van der Waals surface area contributed by atoms with E-state index in [0.717, 1.165) is 32.3 Å². The molecule has 0 amide bonds. The summed E-state index contributed by atoms with van der Waals surface area (Å²) in [6.07, 6.45) is 0. The molecule has 0 saturated carbocycles. The Balaban J connectivity index is 1.77. The molecule has 4 aromatic rings. The summed E-state index contributed by atoms with van der Waals surface area (Å²) in [4.78, 5) is 4.73. The molecule has 26 heavy (non-hydrogen) atoms. The van der Waals surface area contributed by atoms with Gasteiger partial charge in [-0.2, -0.15) is 0 Å². The van der Waals surface area contributed by atoms with Crippen LogP contribution < -0.4 is 0 Å². The number of nitrogens with zero attached hydrogens (tertiary/aromatic N) is 1. The maximum Gasteiger partial charge on any atom is 0.227 e. The lowest BCUT2D eigenvalue weighted by molar-refractivity contribution is 0.589. The zero-order valence-electron chi connectivity index (χ0n) is 15.1. The number of hydrogen-bond donors (Lipinski definition) is 0. The molecular weight excluding hydrogens is 386 g/mol. The van der Waals surface area contributed by atoms with E-state index >= 15 is 0 Å². The van der Waals surface area contributed by atoms with E-state index in [2.05, 4.69) is 85.2 Å². The third kappa shape index (κ3) is 3.19. The Kier molecular flexibility index (Phi) is 4.20. The molecule has 1 heterocycles. The number of hydrogen-bond acceptors (Lipinski definition) is 2. The van der Waals surface area contributed by atoms with Gasteiger partial charge in [0.25, 0.3) is 0 Å². The van der Waals surface area contributed by atoms with Crippen molar-refractivity contribution in [3.05, 3.63) is 76.8 Å². The first kappa shape index (κ1) is 17.0. The zero-order chi connectivity index (χ0) is 18.3. The minimum Gasteiger partial charge on any atom is -0.435 e. The lowest BCUT2D eigenvalue weighted by Gasteiger charge is -2.18. The highest BCUT2D eigenvalue weighted by molar-refractivity contribution is 9.10. The highest BCUT2D eigenvalue weighted by Gasteiger charge is 2.16. The van der Waals surface area contributed by atoms with Crippen LogP contribution in [0.15, 0.2) is 75.6 Å². The molecule has 0 N–H and O–H groups in total. The Morgan fingerprint density at radius 3 is 2.15 bits per heavy atom. The molecule has 0 saturated heterocycles. The van der Waals surface area contributed by atoms with E-state index < -0.39 is 0 Å². The molecule has 0 unspecified atom stereocenters. The van der Waals surface area contributed by atoms with Gasteiger partial charge in [-0.05, 0) is 62.3 Å². The van der Waals surface area contributed by atoms with Gasteiger partial charge in [0.2, 0.25) is 5.89 Å². The van der Waals surface area contributed by atoms with E-state index in [0.29, 0.717) is 5.89 Å². The van der Waals surface area contributed by atoms with Crippen molar-refractivity contribution in [3.8, 4) is 22.6 Å². The van der Waals surface area contributed by atoms with Crippen LogP contribution >= 0.6 is 15.9 Å². The van der Waals surface area contributed by atoms with Crippen molar-refractivity contribution in [3.63, 3.8) is 0 Å². The summed E-state index contributed by atoms with van der Waals surface area (Å²) in [5.41, 5.74) is 6.33. The molecule has 2 nitrogen and oxygen atoms in total. The summed E-state index contributed by atoms with van der Waals surface area (Å²) in [6, 6.07) is 22.9. The van der Waals surface area contributed by atoms with E-state index in [1.807, 2.05) is 18.2 Å². The van der Waals surface area contributed by atoms with Crippen LogP contribution in [0.4, 0.5) is 0 Å². The monoisotopic (exact) mass is 405 g/mol. The van der Waals surface area contributed by atoms with E-state index in [1.54, 1.807) is 0 Å². The number of benzene rings is 3. The maximum atomic E-state index is 6.04. The minimum atomic E-state index is 0.132. The van der Waals surface area contributed by atoms with Crippen molar-refractivity contribution >= 4 is 27.0 Å². The average Bonchev–Trinajstić information content (AvgIpc) is 3.07. The van der Waals surface area contributed by atoms with E-state index in [-0.39, 0.29) is 5.41 Å². The third-order valence-corrected chi connectivity index (χ3v) is 5.14. The van der Waals surface area contributed by atoms with Gasteiger partial charge >= 0.3 is 0 Å². The fourth-order valence-electron chi connectivity index (χ4n) is 3.03. The Labute approximate surface area is 162 Å². The smallest absolute Gasteiger partial charge is 0.227 e. The van der Waals surface area contributed by atoms with Crippen LogP contribution in [0.25, 0.3) is 33.7 Å². The molecule has 0 aliphatic rings. The van der Waals surface area contributed by atoms with Gasteiger partial charge in [0, 0.05) is 5.56 Å². The van der Waals surface area contributed by atoms with Crippen LogP contribution in [-0.2, 0) is 5.41 Å². The van der Waals surface area contributed by atoms with Crippen molar-refractivity contribution < 1.29 is 4.42 Å². The fraction of sp³-hybridized carbons (Fsp3) is 0.174. The van der Waals surface area contributed by atoms with Gasteiger partial charge < -0.3 is 4.42 Å². The summed E-state index contributed by atoms with van der Waals surface area (Å²) in [5.74, 6) is 0.645. The van der Waals surface area contributed by atoms with Crippen LogP contribution in [0.2, 0.25) is 0 Å². The first-order chi connectivity index (χ1) is 12.4. The van der Waals surface area contributed by atoms with Crippen molar-refractivity contribution in [1.82, 2.24) is 4.98 Å². The molecule has 1 aromatic heterocycles. The van der Waals surface area contributed by atoms with Gasteiger partial charge in [0.1, 0.15) is 5.52 Å². The van der Waals surface area contributed by atoms with Gasteiger partial charge in [-0.25, -0.2) is 4.98 Å². The molecule has 0 radical (unpaired) electrons. The fourth-order valence-corrected chi connectivity index (χ4v) is 3.56. The van der Waals surface area contributed by atoms with Crippen molar-refractivity contribution in [2.24, 2.45) is 0 Å². The zero-order valence-corrected chi connectivity index (χ0v) is 16.7. The number of halogens is 1. The number of fused-ring (bicyclic) bond motifs is 1. The average molecular weight is 406 g/mol. The Hall–Kier alpha value is -2.39. The van der Waals surface area contributed by atoms with Crippen molar-refractivity contribution in [2.75, 3.05) is 0 Å². The lowest BCUT2D eigenvalue weighted by Crippen LogP contribution is -2.10. The second-order valence-electron chi connectivity index (χ2n) is 7.52. The van der Waals surface area contributed by atoms with Gasteiger partial charge in [0.15, 0.2) is 5.58 Å². The summed E-state index contributed by atoms with van der Waals surface area (Å²) in [6.45, 7) is 6.64. The molecule has 0 spiro atoms.